The van der Waals surface area contributed by atoms with Gasteiger partial charge in [0.2, 0.25) is 18.1 Å². The average Bonchev–Trinajstić information content (AvgIpc) is 2.26. The Morgan fingerprint density at radius 3 is 1.90 bits per heavy atom. The molecule has 1 aliphatic carbocycles. The van der Waals surface area contributed by atoms with Crippen molar-refractivity contribution < 1.29 is 19.6 Å². The topological polar surface area (TPSA) is 146 Å². The summed E-state index contributed by atoms with van der Waals surface area (Å²) in [4.78, 5) is 42.1. The van der Waals surface area contributed by atoms with Crippen LogP contribution in [-0.2, 0) is 4.79 Å². The van der Waals surface area contributed by atoms with Crippen molar-refractivity contribution in [2.45, 2.75) is 44.8 Å². The molecule has 1 saturated carbocycles. The van der Waals surface area contributed by atoms with E-state index in [1.54, 1.807) is 0 Å². The fourth-order valence-corrected chi connectivity index (χ4v) is 2.94. The molecule has 10 nitrogen and oxygen atoms in total. The van der Waals surface area contributed by atoms with Gasteiger partial charge in [0.05, 0.1) is 12.3 Å². The zero-order chi connectivity index (χ0) is 15.6. The summed E-state index contributed by atoms with van der Waals surface area (Å²) in [6.07, 6.45) is -0.699. The molecule has 0 N–H and O–H groups in total. The second kappa shape index (κ2) is 5.88. The first-order valence-electron chi connectivity index (χ1n) is 6.06. The summed E-state index contributed by atoms with van der Waals surface area (Å²) >= 11 is 0. The molecule has 0 aromatic heterocycles. The van der Waals surface area contributed by atoms with Crippen LogP contribution in [-0.4, -0.2) is 38.7 Å². The molecule has 0 bridgehead atoms. The smallest absolute Gasteiger partial charge is 0.232 e. The van der Waals surface area contributed by atoms with Crippen LogP contribution in [0.5, 0.6) is 0 Å². The minimum atomic E-state index is -1.46. The van der Waals surface area contributed by atoms with Crippen molar-refractivity contribution >= 4 is 5.78 Å². The number of nitrogens with zero attached hydrogens (tertiary/aromatic N) is 3. The number of carbonyl (C=O) groups is 1. The SMILES string of the molecule is CC(=O)CC1C([N+](=O)[O-])CC([N+](=O)[O-])C(C)C1[N+](=O)[O-]. The number of ketones is 1. The second-order valence-electron chi connectivity index (χ2n) is 5.15. The zero-order valence-electron chi connectivity index (χ0n) is 11.0. The highest BCUT2D eigenvalue weighted by atomic mass is 16.6. The van der Waals surface area contributed by atoms with Crippen molar-refractivity contribution in [3.05, 3.63) is 30.3 Å². The van der Waals surface area contributed by atoms with Gasteiger partial charge in [-0.2, -0.15) is 0 Å². The number of carbonyl (C=O) groups excluding carboxylic acids is 1. The fraction of sp³-hybridized carbons (Fsp3) is 0.900. The van der Waals surface area contributed by atoms with E-state index in [-0.39, 0.29) is 12.8 Å². The molecule has 5 unspecified atom stereocenters. The van der Waals surface area contributed by atoms with Gasteiger partial charge in [0, 0.05) is 21.2 Å². The summed E-state index contributed by atoms with van der Waals surface area (Å²) in [5.74, 6) is -2.47. The van der Waals surface area contributed by atoms with Gasteiger partial charge < -0.3 is 4.79 Å². The molecule has 10 heteroatoms. The summed E-state index contributed by atoms with van der Waals surface area (Å²) in [6, 6.07) is -4.25. The van der Waals surface area contributed by atoms with Gasteiger partial charge in [-0.3, -0.25) is 30.3 Å². The van der Waals surface area contributed by atoms with Crippen LogP contribution in [0.1, 0.15) is 26.7 Å². The highest BCUT2D eigenvalue weighted by Crippen LogP contribution is 2.36. The maximum Gasteiger partial charge on any atom is 0.232 e. The molecule has 0 aliphatic heterocycles. The summed E-state index contributed by atoms with van der Waals surface area (Å²) in [5.41, 5.74) is 0. The number of Topliss-reactive ketones (excluding diaryl/α,β-unsaturated/α-hetero) is 1. The van der Waals surface area contributed by atoms with Crippen LogP contribution in [0.4, 0.5) is 0 Å². The zero-order valence-corrected chi connectivity index (χ0v) is 11.0. The maximum absolute atomic E-state index is 11.2. The number of nitro groups is 3. The molecule has 112 valence electrons. The Morgan fingerprint density at radius 1 is 1.05 bits per heavy atom. The maximum atomic E-state index is 11.2. The highest BCUT2D eigenvalue weighted by molar-refractivity contribution is 5.75. The van der Waals surface area contributed by atoms with E-state index in [1.165, 1.54) is 13.8 Å². The molecular weight excluding hydrogens is 274 g/mol. The molecule has 0 heterocycles. The lowest BCUT2D eigenvalue weighted by atomic mass is 9.70. The van der Waals surface area contributed by atoms with Crippen molar-refractivity contribution in [1.82, 2.24) is 0 Å². The molecule has 1 fully saturated rings. The Morgan fingerprint density at radius 2 is 1.55 bits per heavy atom. The fourth-order valence-electron chi connectivity index (χ4n) is 2.94. The summed E-state index contributed by atoms with van der Waals surface area (Å²) in [7, 11) is 0. The first-order chi connectivity index (χ1) is 9.16. The molecule has 1 rings (SSSR count). The van der Waals surface area contributed by atoms with Crippen molar-refractivity contribution in [3.8, 4) is 0 Å². The van der Waals surface area contributed by atoms with E-state index in [0.29, 0.717) is 0 Å². The van der Waals surface area contributed by atoms with E-state index in [1.807, 2.05) is 0 Å². The van der Waals surface area contributed by atoms with Gasteiger partial charge in [-0.25, -0.2) is 0 Å². The third-order valence-electron chi connectivity index (χ3n) is 3.87. The van der Waals surface area contributed by atoms with Gasteiger partial charge >= 0.3 is 0 Å². The van der Waals surface area contributed by atoms with Gasteiger partial charge in [0.15, 0.2) is 0 Å². The molecular formula is C10H15N3O7. The molecule has 1 aliphatic rings. The van der Waals surface area contributed by atoms with E-state index in [9.17, 15) is 35.1 Å². The molecule has 0 aromatic rings. The minimum Gasteiger partial charge on any atom is -0.300 e. The first kappa shape index (κ1) is 15.9. The molecule has 0 amide bonds. The summed E-state index contributed by atoms with van der Waals surface area (Å²) in [6.45, 7) is 2.53. The standard InChI is InChI=1S/C10H15N3O7/c1-5(14)3-7-9(12(17)18)4-8(11(15)16)6(2)10(7)13(19)20/h6-10H,3-4H2,1-2H3. The third kappa shape index (κ3) is 3.06. The first-order valence-corrected chi connectivity index (χ1v) is 6.06. The third-order valence-corrected chi connectivity index (χ3v) is 3.87. The lowest BCUT2D eigenvalue weighted by Gasteiger charge is -2.33. The van der Waals surface area contributed by atoms with Gasteiger partial charge in [-0.1, -0.05) is 0 Å². The largest absolute Gasteiger partial charge is 0.300 e. The Hall–Kier alpha value is -2.13. The van der Waals surface area contributed by atoms with E-state index in [0.717, 1.165) is 0 Å². The molecule has 0 saturated heterocycles. The lowest BCUT2D eigenvalue weighted by Crippen LogP contribution is -2.56. The Kier molecular flexibility index (Phi) is 4.69. The molecule has 0 radical (unpaired) electrons. The van der Waals surface area contributed by atoms with Crippen molar-refractivity contribution in [2.24, 2.45) is 11.8 Å². The molecule has 0 aromatic carbocycles. The Labute approximate surface area is 113 Å². The predicted octanol–water partition coefficient (Wildman–Crippen LogP) is 0.557. The van der Waals surface area contributed by atoms with Crippen molar-refractivity contribution in [3.63, 3.8) is 0 Å². The van der Waals surface area contributed by atoms with E-state index < -0.39 is 50.5 Å². The van der Waals surface area contributed by atoms with E-state index in [2.05, 4.69) is 0 Å². The van der Waals surface area contributed by atoms with Crippen molar-refractivity contribution in [1.29, 1.82) is 0 Å². The average molecular weight is 289 g/mol. The Bertz CT molecular complexity index is 452. The van der Waals surface area contributed by atoms with Crippen LogP contribution in [0.2, 0.25) is 0 Å². The van der Waals surface area contributed by atoms with Crippen LogP contribution >= 0.6 is 0 Å². The van der Waals surface area contributed by atoms with Crippen LogP contribution in [0.25, 0.3) is 0 Å². The lowest BCUT2D eigenvalue weighted by molar-refractivity contribution is -0.626. The summed E-state index contributed by atoms with van der Waals surface area (Å²) < 4.78 is 0. The second-order valence-corrected chi connectivity index (χ2v) is 5.15. The van der Waals surface area contributed by atoms with Crippen LogP contribution in [0, 0.1) is 42.2 Å². The predicted molar refractivity (Wildman–Crippen MR) is 64.9 cm³/mol. The van der Waals surface area contributed by atoms with Gasteiger partial charge in [-0.05, 0) is 13.8 Å². The van der Waals surface area contributed by atoms with Crippen molar-refractivity contribution in [2.75, 3.05) is 0 Å². The number of rotatable bonds is 5. The van der Waals surface area contributed by atoms with Crippen LogP contribution in [0.15, 0.2) is 0 Å². The minimum absolute atomic E-state index is 0.313. The molecule has 5 atom stereocenters. The molecule has 20 heavy (non-hydrogen) atoms. The van der Waals surface area contributed by atoms with Gasteiger partial charge in [0.1, 0.15) is 11.7 Å². The van der Waals surface area contributed by atoms with Crippen LogP contribution < -0.4 is 0 Å². The molecule has 0 spiro atoms. The van der Waals surface area contributed by atoms with E-state index >= 15 is 0 Å². The Balaban J connectivity index is 3.21. The van der Waals surface area contributed by atoms with Gasteiger partial charge in [-0.15, -0.1) is 0 Å². The van der Waals surface area contributed by atoms with E-state index in [4.69, 9.17) is 0 Å². The van der Waals surface area contributed by atoms with Crippen LogP contribution in [0.3, 0.4) is 0 Å². The quantitative estimate of drug-likeness (QED) is 0.530. The summed E-state index contributed by atoms with van der Waals surface area (Å²) in [5, 5.41) is 33.1. The van der Waals surface area contributed by atoms with Gasteiger partial charge in [0.25, 0.3) is 0 Å². The number of hydrogen-bond donors (Lipinski definition) is 0. The number of hydrogen-bond acceptors (Lipinski definition) is 7. The monoisotopic (exact) mass is 289 g/mol. The normalized spacial score (nSPS) is 33.4. The highest BCUT2D eigenvalue weighted by Gasteiger charge is 2.58.